The first kappa shape index (κ1) is 16.3. The molecule has 0 saturated carbocycles. The molecule has 0 fully saturated rings. The summed E-state index contributed by atoms with van der Waals surface area (Å²) in [5.74, 6) is 1.02. The van der Waals surface area contributed by atoms with Gasteiger partial charge in [-0.3, -0.25) is 0 Å². The summed E-state index contributed by atoms with van der Waals surface area (Å²) in [6.45, 7) is -0.0921. The third-order valence-corrected chi connectivity index (χ3v) is 3.22. The minimum absolute atomic E-state index is 0.0921. The molecule has 1 atom stereocenters. The maximum atomic E-state index is 9.12. The molecular formula is C13H28O2S. The predicted octanol–water partition coefficient (Wildman–Crippen LogP) is 3.17. The van der Waals surface area contributed by atoms with Crippen molar-refractivity contribution in [2.24, 2.45) is 0 Å². The van der Waals surface area contributed by atoms with E-state index in [0.717, 1.165) is 18.6 Å². The minimum Gasteiger partial charge on any atom is -0.394 e. The van der Waals surface area contributed by atoms with E-state index in [1.54, 1.807) is 0 Å². The predicted molar refractivity (Wildman–Crippen MR) is 73.1 cm³/mol. The summed E-state index contributed by atoms with van der Waals surface area (Å²) in [6, 6.07) is 0. The summed E-state index contributed by atoms with van der Waals surface area (Å²) in [7, 11) is 0. The van der Waals surface area contributed by atoms with Crippen LogP contribution < -0.4 is 0 Å². The third-order valence-electron chi connectivity index (χ3n) is 2.91. The van der Waals surface area contributed by atoms with Gasteiger partial charge >= 0.3 is 0 Å². The highest BCUT2D eigenvalue weighted by Crippen LogP contribution is 2.11. The zero-order chi connectivity index (χ0) is 12.1. The van der Waals surface area contributed by atoms with Crippen molar-refractivity contribution >= 4 is 12.6 Å². The molecule has 0 aromatic rings. The van der Waals surface area contributed by atoms with Crippen molar-refractivity contribution < 1.29 is 10.2 Å². The molecule has 3 heteroatoms. The molecule has 0 aliphatic carbocycles. The van der Waals surface area contributed by atoms with Crippen LogP contribution >= 0.6 is 12.6 Å². The van der Waals surface area contributed by atoms with Crippen LogP contribution in [-0.4, -0.2) is 28.7 Å². The van der Waals surface area contributed by atoms with Crippen molar-refractivity contribution in [2.75, 3.05) is 12.4 Å². The largest absolute Gasteiger partial charge is 0.394 e. The van der Waals surface area contributed by atoms with Gasteiger partial charge in [-0.25, -0.2) is 0 Å². The van der Waals surface area contributed by atoms with Gasteiger partial charge in [-0.2, -0.15) is 12.6 Å². The lowest BCUT2D eigenvalue weighted by molar-refractivity contribution is 0.0860. The zero-order valence-corrected chi connectivity index (χ0v) is 11.3. The van der Waals surface area contributed by atoms with E-state index in [2.05, 4.69) is 12.6 Å². The maximum absolute atomic E-state index is 9.12. The highest BCUT2D eigenvalue weighted by molar-refractivity contribution is 7.80. The molecule has 0 amide bonds. The first-order valence-electron chi connectivity index (χ1n) is 6.71. The first-order valence-corrected chi connectivity index (χ1v) is 7.34. The highest BCUT2D eigenvalue weighted by atomic mass is 32.1. The van der Waals surface area contributed by atoms with Crippen LogP contribution in [0, 0.1) is 0 Å². The van der Waals surface area contributed by atoms with Gasteiger partial charge in [-0.15, -0.1) is 0 Å². The minimum atomic E-state index is -0.499. The topological polar surface area (TPSA) is 40.5 Å². The van der Waals surface area contributed by atoms with Crippen molar-refractivity contribution in [3.8, 4) is 0 Å². The lowest BCUT2D eigenvalue weighted by Crippen LogP contribution is -2.10. The third kappa shape index (κ3) is 12.3. The van der Waals surface area contributed by atoms with E-state index in [1.165, 1.54) is 51.4 Å². The van der Waals surface area contributed by atoms with Crippen LogP contribution in [0.1, 0.15) is 64.2 Å². The van der Waals surface area contributed by atoms with E-state index < -0.39 is 6.10 Å². The Kier molecular flexibility index (Phi) is 13.6. The number of thiol groups is 1. The molecular weight excluding hydrogens is 220 g/mol. The standard InChI is InChI=1S/C13H28O2S/c14-12-13(15)10-8-6-4-2-1-3-5-7-9-11-16/h13-16H,1-12H2. The summed E-state index contributed by atoms with van der Waals surface area (Å²) in [4.78, 5) is 0. The highest BCUT2D eigenvalue weighted by Gasteiger charge is 2.00. The van der Waals surface area contributed by atoms with Gasteiger partial charge in [0.05, 0.1) is 12.7 Å². The van der Waals surface area contributed by atoms with Crippen molar-refractivity contribution in [3.63, 3.8) is 0 Å². The van der Waals surface area contributed by atoms with Crippen LogP contribution in [0.3, 0.4) is 0 Å². The van der Waals surface area contributed by atoms with Crippen LogP contribution in [-0.2, 0) is 0 Å². The van der Waals surface area contributed by atoms with Gasteiger partial charge < -0.3 is 10.2 Å². The smallest absolute Gasteiger partial charge is 0.0770 e. The second kappa shape index (κ2) is 13.3. The molecule has 0 rings (SSSR count). The molecule has 98 valence electrons. The van der Waals surface area contributed by atoms with Gasteiger partial charge in [0.15, 0.2) is 0 Å². The summed E-state index contributed by atoms with van der Waals surface area (Å²) in [5, 5.41) is 17.7. The molecule has 0 heterocycles. The van der Waals surface area contributed by atoms with Crippen LogP contribution in [0.5, 0.6) is 0 Å². The Labute approximate surface area is 106 Å². The van der Waals surface area contributed by atoms with Crippen LogP contribution in [0.4, 0.5) is 0 Å². The molecule has 0 bridgehead atoms. The average molecular weight is 248 g/mol. The average Bonchev–Trinajstić information content (AvgIpc) is 2.31. The van der Waals surface area contributed by atoms with Gasteiger partial charge in [-0.05, 0) is 18.6 Å². The molecule has 0 aliphatic rings. The molecule has 0 saturated heterocycles. The number of unbranched alkanes of at least 4 members (excludes halogenated alkanes) is 8. The van der Waals surface area contributed by atoms with Crippen molar-refractivity contribution in [2.45, 2.75) is 70.3 Å². The summed E-state index contributed by atoms with van der Waals surface area (Å²) >= 11 is 4.19. The monoisotopic (exact) mass is 248 g/mol. The second-order valence-corrected chi connectivity index (χ2v) is 4.98. The number of hydrogen-bond donors (Lipinski definition) is 3. The summed E-state index contributed by atoms with van der Waals surface area (Å²) in [6.07, 6.45) is 11.7. The van der Waals surface area contributed by atoms with E-state index in [0.29, 0.717) is 0 Å². The molecule has 0 aliphatic heterocycles. The summed E-state index contributed by atoms with van der Waals surface area (Å²) in [5.41, 5.74) is 0. The Hall–Kier alpha value is 0.270. The molecule has 0 radical (unpaired) electrons. The quantitative estimate of drug-likeness (QED) is 0.367. The molecule has 2 nitrogen and oxygen atoms in total. The van der Waals surface area contributed by atoms with E-state index in [-0.39, 0.29) is 6.61 Å². The van der Waals surface area contributed by atoms with Crippen molar-refractivity contribution in [1.82, 2.24) is 0 Å². The van der Waals surface area contributed by atoms with Crippen molar-refractivity contribution in [3.05, 3.63) is 0 Å². The van der Waals surface area contributed by atoms with Gasteiger partial charge in [-0.1, -0.05) is 51.4 Å². The Balaban J connectivity index is 2.93. The van der Waals surface area contributed by atoms with E-state index in [9.17, 15) is 0 Å². The fraction of sp³-hybridized carbons (Fsp3) is 1.00. The lowest BCUT2D eigenvalue weighted by Gasteiger charge is -2.06. The van der Waals surface area contributed by atoms with Crippen LogP contribution in [0.25, 0.3) is 0 Å². The fourth-order valence-corrected chi connectivity index (χ4v) is 2.04. The fourth-order valence-electron chi connectivity index (χ4n) is 1.82. The maximum Gasteiger partial charge on any atom is 0.0770 e. The van der Waals surface area contributed by atoms with Gasteiger partial charge in [0.1, 0.15) is 0 Å². The molecule has 0 aromatic carbocycles. The molecule has 1 unspecified atom stereocenters. The SMILES string of the molecule is OCC(O)CCCCCCCCCCCS. The molecule has 0 spiro atoms. The summed E-state index contributed by atoms with van der Waals surface area (Å²) < 4.78 is 0. The number of hydrogen-bond acceptors (Lipinski definition) is 3. The van der Waals surface area contributed by atoms with Crippen LogP contribution in [0.2, 0.25) is 0 Å². The second-order valence-electron chi connectivity index (χ2n) is 4.53. The number of rotatable bonds is 12. The molecule has 2 N–H and O–H groups in total. The first-order chi connectivity index (χ1) is 7.81. The van der Waals surface area contributed by atoms with Crippen molar-refractivity contribution in [1.29, 1.82) is 0 Å². The number of aliphatic hydroxyl groups is 2. The number of aliphatic hydroxyl groups excluding tert-OH is 2. The lowest BCUT2D eigenvalue weighted by atomic mass is 10.1. The van der Waals surface area contributed by atoms with Gasteiger partial charge in [0, 0.05) is 0 Å². The Morgan fingerprint density at radius 3 is 1.62 bits per heavy atom. The Morgan fingerprint density at radius 2 is 1.19 bits per heavy atom. The Morgan fingerprint density at radius 1 is 0.750 bits per heavy atom. The van der Waals surface area contributed by atoms with Crippen LogP contribution in [0.15, 0.2) is 0 Å². The van der Waals surface area contributed by atoms with E-state index in [4.69, 9.17) is 10.2 Å². The van der Waals surface area contributed by atoms with Gasteiger partial charge in [0.2, 0.25) is 0 Å². The van der Waals surface area contributed by atoms with E-state index in [1.807, 2.05) is 0 Å². The molecule has 16 heavy (non-hydrogen) atoms. The Bertz CT molecular complexity index is 131. The van der Waals surface area contributed by atoms with E-state index >= 15 is 0 Å². The molecule has 0 aromatic heterocycles. The van der Waals surface area contributed by atoms with Gasteiger partial charge in [0.25, 0.3) is 0 Å². The normalized spacial score (nSPS) is 12.9. The zero-order valence-electron chi connectivity index (χ0n) is 10.4.